The minimum Gasteiger partial charge on any atom is -0.339 e. The van der Waals surface area contributed by atoms with Crippen LogP contribution in [0.4, 0.5) is 0 Å². The van der Waals surface area contributed by atoms with Gasteiger partial charge in [0, 0.05) is 10.4 Å². The highest BCUT2D eigenvalue weighted by Crippen LogP contribution is 2.39. The third-order valence-corrected chi connectivity index (χ3v) is 6.92. The molecule has 0 unspecified atom stereocenters. The molecule has 0 aliphatic heterocycles. The van der Waals surface area contributed by atoms with E-state index >= 15 is 0 Å². The summed E-state index contributed by atoms with van der Waals surface area (Å²) in [4.78, 5) is 11.8. The first kappa shape index (κ1) is 19.3. The molecule has 3 heterocycles. The third-order valence-electron chi connectivity index (χ3n) is 4.94. The average Bonchev–Trinajstić information content (AvgIpc) is 3.41. The quantitative estimate of drug-likeness (QED) is 0.466. The molecule has 2 N–H and O–H groups in total. The Bertz CT molecular complexity index is 1060. The molecule has 1 aromatic carbocycles. The first-order valence-electron chi connectivity index (χ1n) is 8.92. The van der Waals surface area contributed by atoms with E-state index in [1.807, 2.05) is 24.3 Å². The van der Waals surface area contributed by atoms with Crippen LogP contribution in [0.15, 0.2) is 52.4 Å². The van der Waals surface area contributed by atoms with Crippen LogP contribution >= 0.6 is 35.1 Å². The normalized spacial score (nSPS) is 15.0. The number of thiazole rings is 1. The fourth-order valence-corrected chi connectivity index (χ4v) is 5.11. The Kier molecular flexibility index (Phi) is 5.33. The van der Waals surface area contributed by atoms with Crippen molar-refractivity contribution in [2.45, 2.75) is 31.2 Å². The Morgan fingerprint density at radius 1 is 1.07 bits per heavy atom. The van der Waals surface area contributed by atoms with Gasteiger partial charge in [-0.3, -0.25) is 0 Å². The van der Waals surface area contributed by atoms with Crippen molar-refractivity contribution in [3.05, 3.63) is 64.4 Å². The van der Waals surface area contributed by atoms with E-state index in [2.05, 4.69) is 33.7 Å². The van der Waals surface area contributed by atoms with Gasteiger partial charge in [-0.25, -0.2) is 4.98 Å². The van der Waals surface area contributed by atoms with E-state index in [1.165, 1.54) is 0 Å². The molecule has 5 nitrogen and oxygen atoms in total. The van der Waals surface area contributed by atoms with E-state index in [1.54, 1.807) is 22.7 Å². The molecule has 0 spiro atoms. The van der Waals surface area contributed by atoms with Crippen LogP contribution in [0.5, 0.6) is 0 Å². The van der Waals surface area contributed by atoms with E-state index < -0.39 is 5.54 Å². The molecule has 0 bridgehead atoms. The summed E-state index contributed by atoms with van der Waals surface area (Å²) < 4.78 is 5.52. The Morgan fingerprint density at radius 2 is 1.89 bits per heavy atom. The molecule has 5 rings (SSSR count). The predicted octanol–water partition coefficient (Wildman–Crippen LogP) is 5.27. The third kappa shape index (κ3) is 3.51. The smallest absolute Gasteiger partial charge is 0.232 e. The van der Waals surface area contributed by atoms with Crippen molar-refractivity contribution in [3.63, 3.8) is 0 Å². The number of rotatable bonds is 5. The van der Waals surface area contributed by atoms with Gasteiger partial charge >= 0.3 is 0 Å². The molecule has 28 heavy (non-hydrogen) atoms. The van der Waals surface area contributed by atoms with Gasteiger partial charge in [0.1, 0.15) is 5.01 Å². The summed E-state index contributed by atoms with van der Waals surface area (Å²) in [6, 6.07) is 14.4. The van der Waals surface area contributed by atoms with Gasteiger partial charge in [0.05, 0.1) is 22.5 Å². The molecule has 144 valence electrons. The van der Waals surface area contributed by atoms with E-state index in [0.717, 1.165) is 45.3 Å². The zero-order valence-electron chi connectivity index (χ0n) is 15.0. The maximum atomic E-state index is 6.32. The highest BCUT2D eigenvalue weighted by atomic mass is 35.5. The molecular formula is C20H19ClN4OS2. The maximum Gasteiger partial charge on any atom is 0.232 e. The Labute approximate surface area is 177 Å². The molecule has 3 aromatic heterocycles. The number of nitrogens with two attached hydrogens (primary N) is 1. The van der Waals surface area contributed by atoms with Crippen molar-refractivity contribution >= 4 is 35.1 Å². The Hall–Kier alpha value is -2.06. The van der Waals surface area contributed by atoms with Crippen molar-refractivity contribution in [1.29, 1.82) is 0 Å². The molecular weight excluding hydrogens is 412 g/mol. The number of halogens is 1. The molecule has 1 saturated carbocycles. The van der Waals surface area contributed by atoms with Gasteiger partial charge in [-0.2, -0.15) is 4.98 Å². The monoisotopic (exact) mass is 430 g/mol. The molecule has 1 aliphatic carbocycles. The van der Waals surface area contributed by atoms with Crippen molar-refractivity contribution in [1.82, 2.24) is 15.1 Å². The van der Waals surface area contributed by atoms with Gasteiger partial charge in [0.2, 0.25) is 5.89 Å². The number of aromatic nitrogens is 3. The van der Waals surface area contributed by atoms with Crippen molar-refractivity contribution in [3.8, 4) is 21.1 Å². The van der Waals surface area contributed by atoms with Gasteiger partial charge in [0.15, 0.2) is 5.82 Å². The summed E-state index contributed by atoms with van der Waals surface area (Å²) in [7, 11) is 0. The topological polar surface area (TPSA) is 77.8 Å². The average molecular weight is 431 g/mol. The summed E-state index contributed by atoms with van der Waals surface area (Å²) in [5.41, 5.74) is 8.04. The van der Waals surface area contributed by atoms with Gasteiger partial charge < -0.3 is 10.3 Å². The summed E-state index contributed by atoms with van der Waals surface area (Å²) in [6.07, 6.45) is 3.54. The van der Waals surface area contributed by atoms with Gasteiger partial charge in [-0.05, 0) is 30.7 Å². The first-order valence-corrected chi connectivity index (χ1v) is 10.6. The summed E-state index contributed by atoms with van der Waals surface area (Å²) in [5, 5.41) is 7.21. The second-order valence-electron chi connectivity index (χ2n) is 6.83. The second kappa shape index (κ2) is 7.75. The Morgan fingerprint density at radius 3 is 2.57 bits per heavy atom. The standard InChI is InChI=1S/C20H18N4OS2.ClH/c21-20(9-5-10-20)19-22-16(25-24-19)12-15-17(14-8-4-11-26-14)23-18(27-15)13-6-2-1-3-7-13;/h1-4,6-8,11H,5,9-10,12,21H2;1H. The van der Waals surface area contributed by atoms with Gasteiger partial charge in [-0.1, -0.05) is 41.6 Å². The molecule has 4 aromatic rings. The van der Waals surface area contributed by atoms with Crippen LogP contribution in [0.3, 0.4) is 0 Å². The molecule has 1 fully saturated rings. The van der Waals surface area contributed by atoms with Crippen LogP contribution in [-0.4, -0.2) is 15.1 Å². The lowest BCUT2D eigenvalue weighted by Gasteiger charge is -2.34. The van der Waals surface area contributed by atoms with E-state index in [-0.39, 0.29) is 12.4 Å². The fourth-order valence-electron chi connectivity index (χ4n) is 3.23. The minimum atomic E-state index is -0.402. The summed E-state index contributed by atoms with van der Waals surface area (Å²) in [6.45, 7) is 0. The van der Waals surface area contributed by atoms with Gasteiger partial charge in [-0.15, -0.1) is 35.1 Å². The van der Waals surface area contributed by atoms with Crippen LogP contribution in [0.2, 0.25) is 0 Å². The van der Waals surface area contributed by atoms with E-state index in [9.17, 15) is 0 Å². The lowest BCUT2D eigenvalue weighted by molar-refractivity contribution is 0.229. The largest absolute Gasteiger partial charge is 0.339 e. The molecule has 1 aliphatic rings. The predicted molar refractivity (Wildman–Crippen MR) is 115 cm³/mol. The van der Waals surface area contributed by atoms with Crippen LogP contribution < -0.4 is 5.73 Å². The van der Waals surface area contributed by atoms with Crippen LogP contribution in [0.1, 0.15) is 35.9 Å². The zero-order valence-corrected chi connectivity index (χ0v) is 17.4. The summed E-state index contributed by atoms with van der Waals surface area (Å²) in [5.74, 6) is 1.23. The lowest BCUT2D eigenvalue weighted by Crippen LogP contribution is -2.44. The maximum absolute atomic E-state index is 6.32. The fraction of sp³-hybridized carbons (Fsp3) is 0.250. The zero-order chi connectivity index (χ0) is 18.3. The van der Waals surface area contributed by atoms with Crippen molar-refractivity contribution in [2.24, 2.45) is 5.73 Å². The SMILES string of the molecule is Cl.NC1(c2noc(Cc3sc(-c4ccccc4)nc3-c3cccs3)n2)CCC1. The number of benzene rings is 1. The number of hydrogen-bond acceptors (Lipinski definition) is 7. The molecule has 0 radical (unpaired) electrons. The minimum absolute atomic E-state index is 0. The number of nitrogens with zero attached hydrogens (tertiary/aromatic N) is 3. The van der Waals surface area contributed by atoms with Crippen LogP contribution in [0, 0.1) is 0 Å². The molecule has 0 saturated heterocycles. The van der Waals surface area contributed by atoms with E-state index in [4.69, 9.17) is 15.2 Å². The Balaban J connectivity index is 0.00000192. The van der Waals surface area contributed by atoms with Crippen LogP contribution in [-0.2, 0) is 12.0 Å². The lowest BCUT2D eigenvalue weighted by atomic mass is 9.77. The van der Waals surface area contributed by atoms with E-state index in [0.29, 0.717) is 18.1 Å². The highest BCUT2D eigenvalue weighted by molar-refractivity contribution is 7.17. The van der Waals surface area contributed by atoms with Crippen molar-refractivity contribution in [2.75, 3.05) is 0 Å². The molecule has 8 heteroatoms. The molecule has 0 amide bonds. The number of thiophene rings is 1. The highest BCUT2D eigenvalue weighted by Gasteiger charge is 2.39. The van der Waals surface area contributed by atoms with Crippen molar-refractivity contribution < 1.29 is 4.52 Å². The van der Waals surface area contributed by atoms with Crippen LogP contribution in [0.25, 0.3) is 21.1 Å². The number of hydrogen-bond donors (Lipinski definition) is 1. The first-order chi connectivity index (χ1) is 13.2. The summed E-state index contributed by atoms with van der Waals surface area (Å²) >= 11 is 3.37. The molecule has 0 atom stereocenters. The van der Waals surface area contributed by atoms with Gasteiger partial charge in [0.25, 0.3) is 0 Å². The second-order valence-corrected chi connectivity index (χ2v) is 8.86.